The Kier molecular flexibility index (Phi) is 6.16. The molecular formula is C28H22FN3O4. The third-order valence-corrected chi connectivity index (χ3v) is 6.25. The molecule has 0 bridgehead atoms. The number of carbonyl (C=O) groups excluding carboxylic acids is 1. The van der Waals surface area contributed by atoms with E-state index in [-0.39, 0.29) is 24.8 Å². The number of benzene rings is 3. The standard InChI is InChI=1S/C28H22FN3O4/c29-19-12-10-17(11-13-19)23-16-22(31-32(23)24(33)14-15-25(34)35)27-26(18-6-2-1-3-7-18)20-8-4-5-9-21(20)30-28(27)36/h1-13,23H,14-16H2,(H,30,36)(H,34,35). The first-order valence-electron chi connectivity index (χ1n) is 11.5. The maximum atomic E-state index is 13.6. The first-order chi connectivity index (χ1) is 17.4. The zero-order chi connectivity index (χ0) is 25.2. The van der Waals surface area contributed by atoms with Gasteiger partial charge in [-0.3, -0.25) is 14.4 Å². The predicted molar refractivity (Wildman–Crippen MR) is 134 cm³/mol. The number of H-pyrrole nitrogens is 1. The van der Waals surface area contributed by atoms with Gasteiger partial charge >= 0.3 is 5.97 Å². The second-order valence-electron chi connectivity index (χ2n) is 8.57. The average Bonchev–Trinajstić information content (AvgIpc) is 3.32. The molecule has 1 aromatic heterocycles. The number of hydrazone groups is 1. The van der Waals surface area contributed by atoms with E-state index in [1.165, 1.54) is 17.1 Å². The number of para-hydroxylation sites is 1. The van der Waals surface area contributed by atoms with Crippen LogP contribution in [-0.2, 0) is 9.59 Å². The van der Waals surface area contributed by atoms with Crippen molar-refractivity contribution in [3.8, 4) is 11.1 Å². The Bertz CT molecular complexity index is 1550. The van der Waals surface area contributed by atoms with Crippen molar-refractivity contribution in [1.82, 2.24) is 9.99 Å². The van der Waals surface area contributed by atoms with E-state index < -0.39 is 23.7 Å². The molecule has 7 nitrogen and oxygen atoms in total. The van der Waals surface area contributed by atoms with Crippen molar-refractivity contribution in [2.75, 3.05) is 0 Å². The highest BCUT2D eigenvalue weighted by Gasteiger charge is 2.35. The summed E-state index contributed by atoms with van der Waals surface area (Å²) in [7, 11) is 0. The minimum Gasteiger partial charge on any atom is -0.481 e. The van der Waals surface area contributed by atoms with Crippen LogP contribution in [0.3, 0.4) is 0 Å². The lowest BCUT2D eigenvalue weighted by Crippen LogP contribution is -2.27. The smallest absolute Gasteiger partial charge is 0.303 e. The number of amides is 1. The lowest BCUT2D eigenvalue weighted by molar-refractivity contribution is -0.141. The van der Waals surface area contributed by atoms with Gasteiger partial charge in [-0.1, -0.05) is 60.7 Å². The highest BCUT2D eigenvalue weighted by molar-refractivity contribution is 6.12. The third-order valence-electron chi connectivity index (χ3n) is 6.25. The molecule has 5 rings (SSSR count). The number of nitrogens with one attached hydrogen (secondary N) is 1. The zero-order valence-corrected chi connectivity index (χ0v) is 19.1. The van der Waals surface area contributed by atoms with Gasteiger partial charge in [-0.05, 0) is 29.3 Å². The van der Waals surface area contributed by atoms with Gasteiger partial charge in [0.2, 0.25) is 5.91 Å². The molecule has 1 aliphatic rings. The second kappa shape index (κ2) is 9.58. The molecule has 0 radical (unpaired) electrons. The van der Waals surface area contributed by atoms with Gasteiger partial charge in [-0.25, -0.2) is 9.40 Å². The van der Waals surface area contributed by atoms with Crippen LogP contribution in [0.1, 0.15) is 36.4 Å². The SMILES string of the molecule is O=C(O)CCC(=O)N1N=C(c2c(-c3ccccc3)c3ccccc3[nH]c2=O)CC1c1ccc(F)cc1. The number of aromatic amines is 1. The number of carbonyl (C=O) groups is 2. The number of carboxylic acids is 1. The molecule has 1 atom stereocenters. The van der Waals surface area contributed by atoms with Crippen LogP contribution in [0.5, 0.6) is 0 Å². The molecule has 1 unspecified atom stereocenters. The minimum atomic E-state index is -1.09. The van der Waals surface area contributed by atoms with Crippen LogP contribution in [-0.4, -0.2) is 32.7 Å². The fraction of sp³-hybridized carbons (Fsp3) is 0.143. The number of halogens is 1. The Hall–Kier alpha value is -4.59. The van der Waals surface area contributed by atoms with Gasteiger partial charge in [0.05, 0.1) is 23.7 Å². The lowest BCUT2D eigenvalue weighted by Gasteiger charge is -2.21. The molecule has 0 saturated heterocycles. The van der Waals surface area contributed by atoms with E-state index in [4.69, 9.17) is 5.11 Å². The van der Waals surface area contributed by atoms with Gasteiger partial charge in [-0.2, -0.15) is 5.10 Å². The predicted octanol–water partition coefficient (Wildman–Crippen LogP) is 4.88. The topological polar surface area (TPSA) is 103 Å². The van der Waals surface area contributed by atoms with Crippen molar-refractivity contribution >= 4 is 28.5 Å². The quantitative estimate of drug-likeness (QED) is 0.408. The number of aliphatic carboxylic acids is 1. The molecular weight excluding hydrogens is 461 g/mol. The minimum absolute atomic E-state index is 0.214. The number of hydrogen-bond acceptors (Lipinski definition) is 4. The van der Waals surface area contributed by atoms with E-state index in [1.807, 2.05) is 54.6 Å². The molecule has 0 spiro atoms. The van der Waals surface area contributed by atoms with Crippen molar-refractivity contribution in [2.24, 2.45) is 5.10 Å². The third kappa shape index (κ3) is 4.40. The average molecular weight is 483 g/mol. The molecule has 2 N–H and O–H groups in total. The number of fused-ring (bicyclic) bond motifs is 1. The molecule has 36 heavy (non-hydrogen) atoms. The van der Waals surface area contributed by atoms with E-state index in [2.05, 4.69) is 10.1 Å². The highest BCUT2D eigenvalue weighted by Crippen LogP contribution is 2.37. The summed E-state index contributed by atoms with van der Waals surface area (Å²) in [4.78, 5) is 40.4. The van der Waals surface area contributed by atoms with Crippen molar-refractivity contribution < 1.29 is 19.1 Å². The second-order valence-corrected chi connectivity index (χ2v) is 8.57. The summed E-state index contributed by atoms with van der Waals surface area (Å²) in [6.07, 6.45) is -0.378. The molecule has 3 aromatic carbocycles. The van der Waals surface area contributed by atoms with Crippen LogP contribution >= 0.6 is 0 Å². The summed E-state index contributed by atoms with van der Waals surface area (Å²) in [5, 5.41) is 15.7. The van der Waals surface area contributed by atoms with Crippen molar-refractivity contribution in [2.45, 2.75) is 25.3 Å². The molecule has 0 fully saturated rings. The maximum absolute atomic E-state index is 13.6. The first-order valence-corrected chi connectivity index (χ1v) is 11.5. The van der Waals surface area contributed by atoms with E-state index in [1.54, 1.807) is 12.1 Å². The first kappa shape index (κ1) is 23.2. The van der Waals surface area contributed by atoms with Gasteiger partial charge in [0.1, 0.15) is 5.82 Å². The summed E-state index contributed by atoms with van der Waals surface area (Å²) in [6.45, 7) is 0. The number of aromatic nitrogens is 1. The van der Waals surface area contributed by atoms with Crippen LogP contribution in [0.15, 0.2) is 88.8 Å². The molecule has 1 amide bonds. The largest absolute Gasteiger partial charge is 0.481 e. The number of hydrogen-bond donors (Lipinski definition) is 2. The van der Waals surface area contributed by atoms with Crippen molar-refractivity contribution in [1.29, 1.82) is 0 Å². The van der Waals surface area contributed by atoms with Gasteiger partial charge < -0.3 is 10.1 Å². The summed E-state index contributed by atoms with van der Waals surface area (Å²) in [6, 6.07) is 22.1. The van der Waals surface area contributed by atoms with E-state index in [9.17, 15) is 18.8 Å². The van der Waals surface area contributed by atoms with Gasteiger partial charge in [0.15, 0.2) is 0 Å². The number of rotatable bonds is 6. The summed E-state index contributed by atoms with van der Waals surface area (Å²) in [5.41, 5.74) is 3.24. The van der Waals surface area contributed by atoms with Crippen LogP contribution in [0.4, 0.5) is 4.39 Å². The summed E-state index contributed by atoms with van der Waals surface area (Å²) >= 11 is 0. The van der Waals surface area contributed by atoms with E-state index >= 15 is 0 Å². The molecule has 2 heterocycles. The molecule has 0 aliphatic carbocycles. The Morgan fingerprint density at radius 2 is 1.64 bits per heavy atom. The van der Waals surface area contributed by atoms with Crippen molar-refractivity contribution in [3.05, 3.63) is 106 Å². The maximum Gasteiger partial charge on any atom is 0.303 e. The molecule has 4 aromatic rings. The normalized spacial score (nSPS) is 15.2. The fourth-order valence-corrected chi connectivity index (χ4v) is 4.59. The van der Waals surface area contributed by atoms with Gasteiger partial charge in [0, 0.05) is 29.3 Å². The van der Waals surface area contributed by atoms with Crippen LogP contribution in [0.25, 0.3) is 22.0 Å². The molecule has 180 valence electrons. The number of carboxylic acid groups (broad SMARTS) is 1. The van der Waals surface area contributed by atoms with Crippen LogP contribution in [0, 0.1) is 5.82 Å². The summed E-state index contributed by atoms with van der Waals surface area (Å²) in [5.74, 6) is -2.00. The fourth-order valence-electron chi connectivity index (χ4n) is 4.59. The monoisotopic (exact) mass is 483 g/mol. The Labute approximate surface area is 205 Å². The van der Waals surface area contributed by atoms with Gasteiger partial charge in [-0.15, -0.1) is 0 Å². The Morgan fingerprint density at radius 1 is 0.944 bits per heavy atom. The van der Waals surface area contributed by atoms with E-state index in [0.717, 1.165) is 10.9 Å². The molecule has 8 heteroatoms. The highest BCUT2D eigenvalue weighted by atomic mass is 19.1. The summed E-state index contributed by atoms with van der Waals surface area (Å²) < 4.78 is 13.6. The number of pyridine rings is 1. The lowest BCUT2D eigenvalue weighted by atomic mass is 9.91. The van der Waals surface area contributed by atoms with Gasteiger partial charge in [0.25, 0.3) is 5.56 Å². The number of nitrogens with zero attached hydrogens (tertiary/aromatic N) is 2. The van der Waals surface area contributed by atoms with Crippen LogP contribution in [0.2, 0.25) is 0 Å². The molecule has 1 aliphatic heterocycles. The Morgan fingerprint density at radius 3 is 2.36 bits per heavy atom. The Balaban J connectivity index is 1.67. The van der Waals surface area contributed by atoms with Crippen molar-refractivity contribution in [3.63, 3.8) is 0 Å². The van der Waals surface area contributed by atoms with E-state index in [0.29, 0.717) is 27.9 Å². The zero-order valence-electron chi connectivity index (χ0n) is 19.1. The molecule has 0 saturated carbocycles. The van der Waals surface area contributed by atoms with Crippen LogP contribution < -0.4 is 5.56 Å².